The van der Waals surface area contributed by atoms with Crippen molar-refractivity contribution in [3.8, 4) is 11.8 Å². The zero-order valence-electron chi connectivity index (χ0n) is 65.3. The minimum absolute atomic E-state index is 0.00699. The number of fused-ring (bicyclic) bond motifs is 3. The summed E-state index contributed by atoms with van der Waals surface area (Å²) >= 11 is 0. The number of amides is 4. The van der Waals surface area contributed by atoms with Gasteiger partial charge in [-0.1, -0.05) is 71.9 Å². The number of hydrogen-bond acceptors (Lipinski definition) is 28. The smallest absolute Gasteiger partial charge is 0.390 e. The molecule has 9 rings (SSSR count). The van der Waals surface area contributed by atoms with Gasteiger partial charge in [-0.05, 0) is 88.4 Å². The summed E-state index contributed by atoms with van der Waals surface area (Å²) in [6.07, 6.45) is 8.22. The average Bonchev–Trinajstić information content (AvgIpc) is 1.59. The van der Waals surface area contributed by atoms with Gasteiger partial charge in [0.05, 0.1) is 58.1 Å². The molecule has 4 aliphatic heterocycles. The molecule has 2 fully saturated rings. The van der Waals surface area contributed by atoms with Crippen molar-refractivity contribution in [1.29, 1.82) is 0 Å². The van der Waals surface area contributed by atoms with Crippen LogP contribution in [0.15, 0.2) is 117 Å². The minimum atomic E-state index is -5.83. The first-order chi connectivity index (χ1) is 56.2. The Morgan fingerprint density at radius 2 is 1.36 bits per heavy atom. The van der Waals surface area contributed by atoms with E-state index < -0.39 is 153 Å². The van der Waals surface area contributed by atoms with Crippen LogP contribution in [0.4, 0.5) is 17.2 Å². The maximum Gasteiger partial charge on any atom is 0.490 e. The lowest BCUT2D eigenvalue weighted by Crippen LogP contribution is -2.48. The van der Waals surface area contributed by atoms with Crippen molar-refractivity contribution in [2.75, 3.05) is 68.1 Å². The molecule has 658 valence electrons. The van der Waals surface area contributed by atoms with Gasteiger partial charge in [-0.3, -0.25) is 51.3 Å². The molecular formula is C70H95N12O30P4S4+. The molecule has 4 amide bonds. The van der Waals surface area contributed by atoms with Crippen LogP contribution in [0.5, 0.6) is 0 Å². The lowest BCUT2D eigenvalue weighted by molar-refractivity contribution is -0.438. The van der Waals surface area contributed by atoms with Gasteiger partial charge in [0.25, 0.3) is 25.8 Å². The van der Waals surface area contributed by atoms with Crippen LogP contribution in [0.3, 0.4) is 0 Å². The SMILES string of the molecule is CCN1C(=CC=CC=CC2=[N+](CCCCCC(=O)NC(CSSCCC(=O)NCC#Cc3cn(C4CC(O)C(COP(=O)(O)OP(=O)(O)OP(=O)(O)O)O4)c4ncnc(N)c34)C(=O)NCCCCCC(=O)NCCn3c(=O)ccn(C4CC(O)C(COP(=O)(O)O)O4)c3=O)c3ccc(S(=O)(=O)O)cc3C2(C)C)C(C)(C)c2cc(S(=O)(=O)O)ccc21. The van der Waals surface area contributed by atoms with Crippen LogP contribution in [-0.4, -0.2) is 211 Å². The highest BCUT2D eigenvalue weighted by atomic mass is 33.1. The van der Waals surface area contributed by atoms with E-state index in [0.717, 1.165) is 50.4 Å². The van der Waals surface area contributed by atoms with E-state index in [-0.39, 0.29) is 102 Å². The van der Waals surface area contributed by atoms with Gasteiger partial charge in [0.2, 0.25) is 29.3 Å². The maximum atomic E-state index is 13.9. The van der Waals surface area contributed by atoms with Gasteiger partial charge >= 0.3 is 37.0 Å². The van der Waals surface area contributed by atoms with Crippen molar-refractivity contribution in [1.82, 2.24) is 44.9 Å². The number of allylic oxidation sites excluding steroid dienone is 6. The third-order valence-electron chi connectivity index (χ3n) is 19.7. The van der Waals surface area contributed by atoms with E-state index in [2.05, 4.69) is 70.2 Å². The number of aliphatic hydroxyl groups is 2. The molecule has 42 nitrogen and oxygen atoms in total. The van der Waals surface area contributed by atoms with E-state index in [1.54, 1.807) is 12.1 Å². The number of carbonyl (C=O) groups is 4. The van der Waals surface area contributed by atoms with Crippen LogP contribution in [-0.2, 0) is 102 Å². The number of hydrogen-bond donors (Lipinski definition) is 15. The second-order valence-electron chi connectivity index (χ2n) is 28.9. The number of rotatable bonds is 42. The Bertz CT molecular complexity index is 5430. The number of unbranched alkanes of at least 4 members (excludes halogenated alkanes) is 4. The zero-order chi connectivity index (χ0) is 88.1. The minimum Gasteiger partial charge on any atom is -0.390 e. The molecule has 0 bridgehead atoms. The highest BCUT2D eigenvalue weighted by molar-refractivity contribution is 8.76. The van der Waals surface area contributed by atoms with Crippen molar-refractivity contribution >= 4 is 131 Å². The summed E-state index contributed by atoms with van der Waals surface area (Å²) in [5.41, 5.74) is 8.30. The molecule has 7 heterocycles. The fourth-order valence-corrected chi connectivity index (χ4v) is 20.4. The Labute approximate surface area is 696 Å². The summed E-state index contributed by atoms with van der Waals surface area (Å²) in [6, 6.07) is 8.95. The Morgan fingerprint density at radius 3 is 2.02 bits per heavy atom. The molecule has 0 spiro atoms. The number of aliphatic hydroxyl groups excluding tert-OH is 2. The lowest BCUT2D eigenvalue weighted by atomic mass is 9.81. The van der Waals surface area contributed by atoms with Crippen LogP contribution in [0, 0.1) is 11.8 Å². The number of ether oxygens (including phenoxy) is 2. The predicted octanol–water partition coefficient (Wildman–Crippen LogP) is 4.25. The monoisotopic (exact) mass is 1840 g/mol. The van der Waals surface area contributed by atoms with E-state index >= 15 is 0 Å². The van der Waals surface area contributed by atoms with Gasteiger partial charge in [-0.25, -0.2) is 33.0 Å². The van der Waals surface area contributed by atoms with Crippen LogP contribution in [0.25, 0.3) is 11.0 Å². The summed E-state index contributed by atoms with van der Waals surface area (Å²) in [6.45, 7) is 8.78. The van der Waals surface area contributed by atoms with E-state index in [9.17, 15) is 93.0 Å². The number of nitrogens with zero attached hydrogens (tertiary/aromatic N) is 7. The lowest BCUT2D eigenvalue weighted by Gasteiger charge is -2.25. The fraction of sp³-hybridized carbons (Fsp3) is 0.500. The maximum absolute atomic E-state index is 13.9. The normalized spacial score (nSPS) is 20.7. The third kappa shape index (κ3) is 26.1. The molecule has 5 aromatic rings. The fourth-order valence-electron chi connectivity index (χ4n) is 13.8. The topological polar surface area (TPSA) is 618 Å². The Balaban J connectivity index is 0.785. The molecule has 4 aliphatic rings. The van der Waals surface area contributed by atoms with Crippen molar-refractivity contribution in [3.05, 3.63) is 135 Å². The number of nitrogen functional groups attached to an aromatic ring is 1. The Kier molecular flexibility index (Phi) is 32.9. The average molecular weight is 1840 g/mol. The zero-order valence-corrected chi connectivity index (χ0v) is 72.2. The molecule has 9 atom stereocenters. The van der Waals surface area contributed by atoms with Crippen LogP contribution in [0.1, 0.15) is 134 Å². The van der Waals surface area contributed by atoms with Gasteiger partial charge in [-0.15, -0.1) is 0 Å². The van der Waals surface area contributed by atoms with Crippen molar-refractivity contribution in [3.63, 3.8) is 0 Å². The number of likely N-dealkylation sites (N-methyl/N-ethyl adjacent to an activating group) is 1. The van der Waals surface area contributed by atoms with E-state index in [0.29, 0.717) is 62.9 Å². The van der Waals surface area contributed by atoms with Gasteiger partial charge in [0, 0.05) is 129 Å². The summed E-state index contributed by atoms with van der Waals surface area (Å²) in [5, 5.41) is 32.5. The second-order valence-corrected chi connectivity index (χ2v) is 40.0. The molecule has 2 aromatic carbocycles. The molecule has 0 saturated carbocycles. The molecule has 0 aliphatic carbocycles. The first kappa shape index (κ1) is 96.4. The number of aromatic nitrogens is 5. The molecule has 50 heteroatoms. The summed E-state index contributed by atoms with van der Waals surface area (Å²) < 4.78 is 149. The molecule has 3 aromatic heterocycles. The number of nitrogens with one attached hydrogen (secondary N) is 4. The number of carbonyl (C=O) groups excluding carboxylic acids is 4. The van der Waals surface area contributed by atoms with Gasteiger partial charge < -0.3 is 85.5 Å². The van der Waals surface area contributed by atoms with Crippen LogP contribution < -0.4 is 43.1 Å². The largest absolute Gasteiger partial charge is 0.490 e. The molecule has 16 N–H and O–H groups in total. The predicted molar refractivity (Wildman–Crippen MR) is 436 cm³/mol. The van der Waals surface area contributed by atoms with Gasteiger partial charge in [-0.2, -0.15) is 30.0 Å². The highest BCUT2D eigenvalue weighted by Crippen LogP contribution is 2.66. The van der Waals surface area contributed by atoms with Gasteiger partial charge in [0.1, 0.15) is 55.0 Å². The third-order valence-corrected chi connectivity index (χ3v) is 28.1. The standard InChI is InChI=1S/C70H94N12O30P4S4/c1-6-78-50-24-22-45(119(101,102)103)35-47(50)69(2,3)56(78)18-10-7-11-19-57-70(4,5)48-36-46(120(104,105)106)23-25-51(48)79(57)31-15-9-13-21-60(87)77-49(67(89)74-28-14-8-12-20-58(85)73-30-33-80-61(88)26-32-81(68(80)90)62-37-52(83)54(109-62)40-107-113(91,92)93)42-118-117-34-27-59(86)72-29-16-17-44-39-82(66-64(44)65(71)75-43-76-66)63-38-53(84)55(110-63)41-108-115(97,98)112-116(99,100)111-114(94,95)96/h7,10-11,18-19,22-26,32,35-36,39,43,49,52-55,62-63,83-84H,6,8-9,12-15,20-21,27-31,33-34,37-38,40-42H2,1-5H3,(H13-,71,72,73,74,75,76,77,85,86,87,89,91,92,93,94,95,96,97,98,99,100,101,102,103,104,105,106)/p+1. The number of benzene rings is 2. The number of phosphoric acid groups is 4. The first-order valence-electron chi connectivity index (χ1n) is 37.3. The summed E-state index contributed by atoms with van der Waals surface area (Å²) in [5.74, 6) is 4.31. The molecule has 9 unspecified atom stereocenters. The molecular weight excluding hydrogens is 1740 g/mol. The van der Waals surface area contributed by atoms with Crippen LogP contribution >= 0.6 is 52.9 Å². The quantitative estimate of drug-likeness (QED) is 0.00494. The molecule has 120 heavy (non-hydrogen) atoms. The number of anilines is 2. The highest BCUT2D eigenvalue weighted by Gasteiger charge is 2.47. The van der Waals surface area contributed by atoms with Crippen molar-refractivity contribution in [2.24, 2.45) is 0 Å². The van der Waals surface area contributed by atoms with Gasteiger partial charge in [0.15, 0.2) is 5.71 Å². The van der Waals surface area contributed by atoms with Crippen molar-refractivity contribution < 1.29 is 135 Å². The van der Waals surface area contributed by atoms with E-state index in [1.807, 2.05) is 65.0 Å². The first-order valence-corrected chi connectivity index (χ1v) is 48.7. The number of nitrogens with two attached hydrogens (primary N) is 1. The molecule has 0 radical (unpaired) electrons. The summed E-state index contributed by atoms with van der Waals surface area (Å²) in [7, 11) is -28.5. The van der Waals surface area contributed by atoms with Crippen molar-refractivity contribution in [2.45, 2.75) is 175 Å². The van der Waals surface area contributed by atoms with Crippen LogP contribution in [0.2, 0.25) is 0 Å². The Morgan fingerprint density at radius 1 is 0.725 bits per heavy atom. The second kappa shape index (κ2) is 40.9. The van der Waals surface area contributed by atoms with E-state index in [1.165, 1.54) is 56.6 Å². The molecule has 2 saturated heterocycles. The number of phosphoric ester groups is 2. The Hall–Kier alpha value is -7.45. The summed E-state index contributed by atoms with van der Waals surface area (Å²) in [4.78, 5) is 145. The van der Waals surface area contributed by atoms with E-state index in [4.69, 9.17) is 34.8 Å².